The number of benzene rings is 1. The molecule has 0 atom stereocenters. The smallest absolute Gasteiger partial charge is 0.0534 e. The average molecular weight is 545 g/mol. The van der Waals surface area contributed by atoms with Crippen LogP contribution in [0.15, 0.2) is 84.5 Å². The highest BCUT2D eigenvalue weighted by Gasteiger charge is 2.34. The first kappa shape index (κ1) is 31.5. The molecule has 41 heavy (non-hydrogen) atoms. The summed E-state index contributed by atoms with van der Waals surface area (Å²) in [5, 5.41) is 3.44. The summed E-state index contributed by atoms with van der Waals surface area (Å²) < 4.78 is 4.62. The molecular weight excluding hydrogens is 496 g/mol. The average Bonchev–Trinajstić information content (AvgIpc) is 3.41. The Bertz CT molecular complexity index is 1800. The number of fused-ring (bicyclic) bond motifs is 1. The summed E-state index contributed by atoms with van der Waals surface area (Å²) in [7, 11) is 0. The van der Waals surface area contributed by atoms with Gasteiger partial charge in [0.25, 0.3) is 0 Å². The molecule has 0 unspecified atom stereocenters. The van der Waals surface area contributed by atoms with Crippen molar-refractivity contribution < 1.29 is 0 Å². The van der Waals surface area contributed by atoms with Crippen LogP contribution in [0.4, 0.5) is 0 Å². The lowest BCUT2D eigenvalue weighted by atomic mass is 9.81. The highest BCUT2D eigenvalue weighted by molar-refractivity contribution is 5.96. The maximum atomic E-state index is 4.46. The number of rotatable bonds is 8. The van der Waals surface area contributed by atoms with E-state index in [4.69, 9.17) is 0 Å². The van der Waals surface area contributed by atoms with Gasteiger partial charge in [-0.1, -0.05) is 96.5 Å². The van der Waals surface area contributed by atoms with Gasteiger partial charge in [0.05, 0.1) is 5.52 Å². The van der Waals surface area contributed by atoms with Crippen LogP contribution >= 0.6 is 0 Å². The van der Waals surface area contributed by atoms with Crippen molar-refractivity contribution >= 4 is 47.1 Å². The molecule has 0 radical (unpaired) electrons. The first-order valence-corrected chi connectivity index (χ1v) is 14.2. The molecule has 2 nitrogen and oxygen atoms in total. The number of hydrogen-bond donors (Lipinski definition) is 0. The third-order valence-electron chi connectivity index (χ3n) is 8.79. The van der Waals surface area contributed by atoms with Crippen molar-refractivity contribution in [3.63, 3.8) is 0 Å². The molecule has 1 aliphatic carbocycles. The summed E-state index contributed by atoms with van der Waals surface area (Å²) >= 11 is 0. The van der Waals surface area contributed by atoms with E-state index in [9.17, 15) is 0 Å². The summed E-state index contributed by atoms with van der Waals surface area (Å²) in [5.41, 5.74) is 13.1. The molecular formula is C39H48N2. The minimum atomic E-state index is -0.0755. The highest BCUT2D eigenvalue weighted by atomic mass is 15.0. The molecule has 0 saturated heterocycles. The molecule has 0 spiro atoms. The first-order chi connectivity index (χ1) is 19.0. The Morgan fingerprint density at radius 2 is 1.51 bits per heavy atom. The molecule has 1 aromatic carbocycles. The minimum Gasteiger partial charge on any atom is -0.317 e. The van der Waals surface area contributed by atoms with E-state index in [1.807, 2.05) is 18.2 Å². The largest absolute Gasteiger partial charge is 0.317 e. The van der Waals surface area contributed by atoms with Crippen LogP contribution in [0.25, 0.3) is 47.1 Å². The fraction of sp³-hybridized carbons (Fsp3) is 0.282. The van der Waals surface area contributed by atoms with Crippen LogP contribution < -0.4 is 10.6 Å². The van der Waals surface area contributed by atoms with Gasteiger partial charge in [-0.2, -0.15) is 0 Å². The second-order valence-electron chi connectivity index (χ2n) is 11.3. The fourth-order valence-corrected chi connectivity index (χ4v) is 6.48. The maximum Gasteiger partial charge on any atom is 0.0534 e. The zero-order chi connectivity index (χ0) is 29.5. The van der Waals surface area contributed by atoms with Gasteiger partial charge in [-0.3, -0.25) is 0 Å². The van der Waals surface area contributed by atoms with Crippen LogP contribution in [0.1, 0.15) is 77.9 Å². The van der Waals surface area contributed by atoms with E-state index in [0.717, 1.165) is 23.2 Å². The number of para-hydroxylation sites is 1. The Kier molecular flexibility index (Phi) is 9.08. The Labute approximate surface area is 248 Å². The molecule has 0 N–H and O–H groups in total. The molecule has 1 aliphatic rings. The Balaban J connectivity index is 0.00000462. The van der Waals surface area contributed by atoms with Crippen LogP contribution in [-0.4, -0.2) is 9.13 Å². The third-order valence-corrected chi connectivity index (χ3v) is 8.79. The standard InChI is InChI=1S/C38H44N2.CH4/c1-13-19-31-26(7)36(16-4)39(28(31)9)25(6)23-34-29(10)40(37-21-18-17-20-32(34)37)24(5)22-33-27(8)38(11,12)35(15-3)30(33)14-2;/h14-23H,2-4,9,13H2,1,5-8,10-12H3;1H4/b24-22+,25-23+,31-19-;. The van der Waals surface area contributed by atoms with Gasteiger partial charge in [0.15, 0.2) is 0 Å². The van der Waals surface area contributed by atoms with Gasteiger partial charge >= 0.3 is 0 Å². The molecule has 0 saturated carbocycles. The van der Waals surface area contributed by atoms with E-state index in [1.165, 1.54) is 60.9 Å². The van der Waals surface area contributed by atoms with Crippen molar-refractivity contribution in [2.75, 3.05) is 0 Å². The summed E-state index contributed by atoms with van der Waals surface area (Å²) in [5.74, 6) is 0. The monoisotopic (exact) mass is 544 g/mol. The van der Waals surface area contributed by atoms with E-state index in [-0.39, 0.29) is 12.8 Å². The second-order valence-corrected chi connectivity index (χ2v) is 11.3. The van der Waals surface area contributed by atoms with Crippen LogP contribution in [0.2, 0.25) is 0 Å². The van der Waals surface area contributed by atoms with Crippen LogP contribution in [-0.2, 0) is 0 Å². The lowest BCUT2D eigenvalue weighted by Crippen LogP contribution is -2.27. The van der Waals surface area contributed by atoms with Crippen molar-refractivity contribution in [2.45, 2.75) is 69.2 Å². The summed E-state index contributed by atoms with van der Waals surface area (Å²) in [6.07, 6.45) is 13.7. The topological polar surface area (TPSA) is 9.86 Å². The SMILES string of the molecule is C.C=CC1=C(C=C)C(C)(C)C(C)=C1/C=C(\C)n1c(C)c(/C=C(\C)n2c(C=C)c(C)/c(=C/CC)c2=C)c2ccccc21. The Hall–Kier alpha value is -4.04. The molecule has 0 amide bonds. The number of allylic oxidation sites excluding steroid dienone is 9. The maximum absolute atomic E-state index is 4.46. The summed E-state index contributed by atoms with van der Waals surface area (Å²) in [6, 6.07) is 8.67. The predicted octanol–water partition coefficient (Wildman–Crippen LogP) is 9.84. The highest BCUT2D eigenvalue weighted by Crippen LogP contribution is 2.48. The van der Waals surface area contributed by atoms with Gasteiger partial charge in [0, 0.05) is 44.5 Å². The van der Waals surface area contributed by atoms with E-state index in [2.05, 4.69) is 133 Å². The molecule has 2 aromatic heterocycles. The normalized spacial score (nSPS) is 16.0. The van der Waals surface area contributed by atoms with Crippen molar-refractivity contribution in [3.8, 4) is 0 Å². The number of hydrogen-bond acceptors (Lipinski definition) is 0. The van der Waals surface area contributed by atoms with Gasteiger partial charge in [-0.15, -0.1) is 0 Å². The predicted molar refractivity (Wildman–Crippen MR) is 186 cm³/mol. The zero-order valence-electron chi connectivity index (χ0n) is 25.7. The third kappa shape index (κ3) is 4.90. The first-order valence-electron chi connectivity index (χ1n) is 14.2. The van der Waals surface area contributed by atoms with Crippen LogP contribution in [0, 0.1) is 19.3 Å². The molecule has 0 bridgehead atoms. The molecule has 4 rings (SSSR count). The van der Waals surface area contributed by atoms with E-state index >= 15 is 0 Å². The molecule has 0 fully saturated rings. The van der Waals surface area contributed by atoms with Crippen molar-refractivity contribution in [1.29, 1.82) is 0 Å². The van der Waals surface area contributed by atoms with E-state index in [0.29, 0.717) is 0 Å². The Morgan fingerprint density at radius 1 is 0.878 bits per heavy atom. The van der Waals surface area contributed by atoms with Gasteiger partial charge in [-0.25, -0.2) is 0 Å². The molecule has 2 heteroatoms. The van der Waals surface area contributed by atoms with E-state index < -0.39 is 0 Å². The molecule has 3 aromatic rings. The van der Waals surface area contributed by atoms with Crippen LogP contribution in [0.5, 0.6) is 0 Å². The van der Waals surface area contributed by atoms with Crippen LogP contribution in [0.3, 0.4) is 0 Å². The van der Waals surface area contributed by atoms with Crippen molar-refractivity contribution in [2.24, 2.45) is 5.41 Å². The number of aromatic nitrogens is 2. The lowest BCUT2D eigenvalue weighted by Gasteiger charge is -2.23. The second kappa shape index (κ2) is 11.8. The van der Waals surface area contributed by atoms with Crippen molar-refractivity contribution in [3.05, 3.63) is 118 Å². The van der Waals surface area contributed by atoms with Gasteiger partial charge < -0.3 is 9.13 Å². The quantitative estimate of drug-likeness (QED) is 0.267. The summed E-state index contributed by atoms with van der Waals surface area (Å²) in [4.78, 5) is 0. The lowest BCUT2D eigenvalue weighted by molar-refractivity contribution is 0.562. The zero-order valence-corrected chi connectivity index (χ0v) is 25.7. The minimum absolute atomic E-state index is 0. The summed E-state index contributed by atoms with van der Waals surface area (Å²) in [6.45, 7) is 34.5. The van der Waals surface area contributed by atoms with Crippen molar-refractivity contribution in [1.82, 2.24) is 9.13 Å². The number of nitrogens with zero attached hydrogens (tertiary/aromatic N) is 2. The fourth-order valence-electron chi connectivity index (χ4n) is 6.48. The molecule has 2 heterocycles. The van der Waals surface area contributed by atoms with Gasteiger partial charge in [-0.05, 0) is 92.8 Å². The Morgan fingerprint density at radius 3 is 2.10 bits per heavy atom. The van der Waals surface area contributed by atoms with Gasteiger partial charge in [0.1, 0.15) is 0 Å². The van der Waals surface area contributed by atoms with Gasteiger partial charge in [0.2, 0.25) is 0 Å². The molecule has 0 aliphatic heterocycles. The van der Waals surface area contributed by atoms with E-state index in [1.54, 1.807) is 0 Å². The molecule has 214 valence electrons.